The molecule has 2 bridgehead atoms. The molecule has 0 aliphatic heterocycles. The molecule has 3 fully saturated rings. The standard InChI is InChI=1S/C13H20/c1-10-8-13-7-3-2-4-12(13)6-5-11(10)9-13/h11-12H,1-9H2/t11-,12-,13-/m1/s1. The fourth-order valence-electron chi connectivity index (χ4n) is 4.34. The molecule has 3 atom stereocenters. The van der Waals surface area contributed by atoms with E-state index in [4.69, 9.17) is 0 Å². The molecule has 3 rings (SSSR count). The van der Waals surface area contributed by atoms with Crippen molar-refractivity contribution in [3.05, 3.63) is 12.2 Å². The molecule has 1 spiro atoms. The Hall–Kier alpha value is -0.260. The third kappa shape index (κ3) is 1.04. The van der Waals surface area contributed by atoms with Crippen molar-refractivity contribution in [1.29, 1.82) is 0 Å². The van der Waals surface area contributed by atoms with Crippen LogP contribution in [-0.2, 0) is 0 Å². The topological polar surface area (TPSA) is 0 Å². The van der Waals surface area contributed by atoms with Crippen LogP contribution in [0.4, 0.5) is 0 Å². The van der Waals surface area contributed by atoms with E-state index in [1.165, 1.54) is 51.4 Å². The van der Waals surface area contributed by atoms with Gasteiger partial charge in [0.25, 0.3) is 0 Å². The smallest absolute Gasteiger partial charge is 0.0200 e. The highest BCUT2D eigenvalue weighted by Crippen LogP contribution is 2.61. The molecule has 3 aliphatic rings. The molecule has 72 valence electrons. The summed E-state index contributed by atoms with van der Waals surface area (Å²) in [6.07, 6.45) is 11.9. The molecule has 13 heavy (non-hydrogen) atoms. The molecule has 0 amide bonds. The molecule has 3 saturated carbocycles. The monoisotopic (exact) mass is 176 g/mol. The average molecular weight is 176 g/mol. The Morgan fingerprint density at radius 1 is 1.15 bits per heavy atom. The summed E-state index contributed by atoms with van der Waals surface area (Å²) in [6, 6.07) is 0. The Morgan fingerprint density at radius 2 is 2.08 bits per heavy atom. The molecule has 0 unspecified atom stereocenters. The molecule has 0 radical (unpaired) electrons. The Morgan fingerprint density at radius 3 is 3.00 bits per heavy atom. The molecule has 0 saturated heterocycles. The lowest BCUT2D eigenvalue weighted by Gasteiger charge is -2.44. The predicted molar refractivity (Wildman–Crippen MR) is 55.5 cm³/mol. The predicted octanol–water partition coefficient (Wildman–Crippen LogP) is 3.92. The summed E-state index contributed by atoms with van der Waals surface area (Å²) in [6.45, 7) is 4.28. The molecule has 0 N–H and O–H groups in total. The number of hydrogen-bond donors (Lipinski definition) is 0. The Kier molecular flexibility index (Phi) is 1.63. The van der Waals surface area contributed by atoms with Crippen molar-refractivity contribution in [3.8, 4) is 0 Å². The van der Waals surface area contributed by atoms with Gasteiger partial charge in [-0.1, -0.05) is 25.0 Å². The molecule has 3 aliphatic carbocycles. The first kappa shape index (κ1) is 8.08. The van der Waals surface area contributed by atoms with E-state index >= 15 is 0 Å². The van der Waals surface area contributed by atoms with Crippen molar-refractivity contribution < 1.29 is 0 Å². The van der Waals surface area contributed by atoms with Crippen LogP contribution in [0.3, 0.4) is 0 Å². The molecule has 0 aromatic rings. The Bertz CT molecular complexity index is 240. The van der Waals surface area contributed by atoms with Crippen molar-refractivity contribution in [3.63, 3.8) is 0 Å². The molecular weight excluding hydrogens is 156 g/mol. The third-order valence-electron chi connectivity index (χ3n) is 5.02. The van der Waals surface area contributed by atoms with Crippen LogP contribution in [0.5, 0.6) is 0 Å². The van der Waals surface area contributed by atoms with E-state index in [9.17, 15) is 0 Å². The van der Waals surface area contributed by atoms with Crippen LogP contribution in [-0.4, -0.2) is 0 Å². The third-order valence-corrected chi connectivity index (χ3v) is 5.02. The summed E-state index contributed by atoms with van der Waals surface area (Å²) in [5, 5.41) is 0. The number of hydrogen-bond acceptors (Lipinski definition) is 0. The Balaban J connectivity index is 1.93. The van der Waals surface area contributed by atoms with Crippen LogP contribution in [0.2, 0.25) is 0 Å². The van der Waals surface area contributed by atoms with E-state index in [0.29, 0.717) is 0 Å². The summed E-state index contributed by atoms with van der Waals surface area (Å²) in [5.74, 6) is 2.01. The van der Waals surface area contributed by atoms with Gasteiger partial charge in [0.1, 0.15) is 0 Å². The Labute approximate surface area is 81.4 Å². The van der Waals surface area contributed by atoms with E-state index in [1.807, 2.05) is 0 Å². The second-order valence-electron chi connectivity index (χ2n) is 5.62. The van der Waals surface area contributed by atoms with E-state index in [-0.39, 0.29) is 0 Å². The van der Waals surface area contributed by atoms with Gasteiger partial charge in [-0.2, -0.15) is 0 Å². The first-order chi connectivity index (χ1) is 6.30. The van der Waals surface area contributed by atoms with Gasteiger partial charge in [-0.05, 0) is 55.8 Å². The second kappa shape index (κ2) is 2.62. The van der Waals surface area contributed by atoms with Gasteiger partial charge in [0.15, 0.2) is 0 Å². The maximum atomic E-state index is 4.28. The molecule has 0 nitrogen and oxygen atoms in total. The van der Waals surface area contributed by atoms with Crippen LogP contribution in [0, 0.1) is 17.3 Å². The van der Waals surface area contributed by atoms with Crippen LogP contribution < -0.4 is 0 Å². The molecular formula is C13H20. The summed E-state index contributed by atoms with van der Waals surface area (Å²) in [5.41, 5.74) is 2.36. The van der Waals surface area contributed by atoms with Gasteiger partial charge < -0.3 is 0 Å². The van der Waals surface area contributed by atoms with Crippen molar-refractivity contribution in [1.82, 2.24) is 0 Å². The van der Waals surface area contributed by atoms with E-state index in [2.05, 4.69) is 6.58 Å². The van der Waals surface area contributed by atoms with Gasteiger partial charge in [0.2, 0.25) is 0 Å². The van der Waals surface area contributed by atoms with Gasteiger partial charge in [-0.3, -0.25) is 0 Å². The highest BCUT2D eigenvalue weighted by atomic mass is 14.5. The van der Waals surface area contributed by atoms with Gasteiger partial charge >= 0.3 is 0 Å². The maximum absolute atomic E-state index is 4.28. The first-order valence-corrected chi connectivity index (χ1v) is 5.98. The fraction of sp³-hybridized carbons (Fsp3) is 0.846. The van der Waals surface area contributed by atoms with E-state index < -0.39 is 0 Å². The summed E-state index contributed by atoms with van der Waals surface area (Å²) in [4.78, 5) is 0. The lowest BCUT2D eigenvalue weighted by Crippen LogP contribution is -2.34. The van der Waals surface area contributed by atoms with Gasteiger partial charge in [-0.15, -0.1) is 0 Å². The summed E-state index contributed by atoms with van der Waals surface area (Å²) >= 11 is 0. The average Bonchev–Trinajstić information content (AvgIpc) is 2.38. The van der Waals surface area contributed by atoms with Crippen LogP contribution >= 0.6 is 0 Å². The van der Waals surface area contributed by atoms with Crippen molar-refractivity contribution in [2.45, 2.75) is 51.4 Å². The maximum Gasteiger partial charge on any atom is -0.0200 e. The lowest BCUT2D eigenvalue weighted by molar-refractivity contribution is 0.0617. The molecule has 0 aromatic carbocycles. The molecule has 0 heterocycles. The lowest BCUT2D eigenvalue weighted by atomic mass is 9.61. The van der Waals surface area contributed by atoms with Crippen molar-refractivity contribution >= 4 is 0 Å². The highest BCUT2D eigenvalue weighted by molar-refractivity contribution is 5.18. The van der Waals surface area contributed by atoms with E-state index in [0.717, 1.165) is 17.3 Å². The minimum atomic E-state index is 0.762. The van der Waals surface area contributed by atoms with Crippen molar-refractivity contribution in [2.24, 2.45) is 17.3 Å². The first-order valence-electron chi connectivity index (χ1n) is 5.98. The SMILES string of the molecule is C=C1C[C@@]23CCCC[C@@H]2CC[C@@H]1C3. The van der Waals surface area contributed by atoms with Gasteiger partial charge in [-0.25, -0.2) is 0 Å². The normalized spacial score (nSPS) is 49.1. The zero-order valence-corrected chi connectivity index (χ0v) is 8.52. The number of fused-ring (bicyclic) bond motifs is 1. The van der Waals surface area contributed by atoms with E-state index in [1.54, 1.807) is 5.57 Å². The van der Waals surface area contributed by atoms with Crippen LogP contribution in [0.15, 0.2) is 12.2 Å². The number of rotatable bonds is 0. The zero-order chi connectivity index (χ0) is 8.89. The fourth-order valence-corrected chi connectivity index (χ4v) is 4.34. The van der Waals surface area contributed by atoms with Crippen LogP contribution in [0.25, 0.3) is 0 Å². The molecule has 0 heteroatoms. The second-order valence-corrected chi connectivity index (χ2v) is 5.62. The minimum Gasteiger partial charge on any atom is -0.0996 e. The van der Waals surface area contributed by atoms with Gasteiger partial charge in [0, 0.05) is 0 Å². The summed E-state index contributed by atoms with van der Waals surface area (Å²) in [7, 11) is 0. The largest absolute Gasteiger partial charge is 0.0996 e. The quantitative estimate of drug-likeness (QED) is 0.491. The minimum absolute atomic E-state index is 0.762. The zero-order valence-electron chi connectivity index (χ0n) is 8.52. The summed E-state index contributed by atoms with van der Waals surface area (Å²) < 4.78 is 0. The molecule has 0 aromatic heterocycles. The van der Waals surface area contributed by atoms with Crippen LogP contribution in [0.1, 0.15) is 51.4 Å². The van der Waals surface area contributed by atoms with Gasteiger partial charge in [0.05, 0.1) is 0 Å². The highest BCUT2D eigenvalue weighted by Gasteiger charge is 2.50. The number of allylic oxidation sites excluding steroid dienone is 1. The van der Waals surface area contributed by atoms with Crippen molar-refractivity contribution in [2.75, 3.05) is 0 Å².